The van der Waals surface area contributed by atoms with Gasteiger partial charge in [-0.15, -0.1) is 0 Å². The molecule has 0 aliphatic rings. The van der Waals surface area contributed by atoms with E-state index in [9.17, 15) is 13.6 Å². The van der Waals surface area contributed by atoms with Gasteiger partial charge in [-0.2, -0.15) is 5.26 Å². The van der Waals surface area contributed by atoms with Gasteiger partial charge in [-0.25, -0.2) is 8.78 Å². The average Bonchev–Trinajstić information content (AvgIpc) is 2.42. The molecule has 3 nitrogen and oxygen atoms in total. The molecule has 0 aromatic heterocycles. The highest BCUT2D eigenvalue weighted by atomic mass is 19.2. The summed E-state index contributed by atoms with van der Waals surface area (Å²) in [6.45, 7) is 0. The van der Waals surface area contributed by atoms with E-state index in [0.29, 0.717) is 11.3 Å². The Kier molecular flexibility index (Phi) is 3.53. The molecule has 19 heavy (non-hydrogen) atoms. The topological polar surface area (TPSA) is 52.9 Å². The van der Waals surface area contributed by atoms with Crippen LogP contribution in [0.1, 0.15) is 15.9 Å². The number of amides is 1. The Balaban J connectivity index is 2.21. The molecule has 94 valence electrons. The third kappa shape index (κ3) is 2.93. The molecule has 0 unspecified atom stereocenters. The Hall–Kier alpha value is -2.74. The van der Waals surface area contributed by atoms with Crippen molar-refractivity contribution in [1.82, 2.24) is 0 Å². The maximum absolute atomic E-state index is 13.0. The first-order valence-corrected chi connectivity index (χ1v) is 5.37. The van der Waals surface area contributed by atoms with Gasteiger partial charge in [-0.3, -0.25) is 4.79 Å². The van der Waals surface area contributed by atoms with Crippen LogP contribution in [0.2, 0.25) is 0 Å². The fourth-order valence-corrected chi connectivity index (χ4v) is 1.51. The molecule has 2 aromatic rings. The van der Waals surface area contributed by atoms with Crippen LogP contribution in [-0.4, -0.2) is 5.91 Å². The van der Waals surface area contributed by atoms with Gasteiger partial charge < -0.3 is 5.32 Å². The number of hydrogen-bond donors (Lipinski definition) is 1. The molecule has 0 aliphatic heterocycles. The first-order chi connectivity index (χ1) is 9.10. The highest BCUT2D eigenvalue weighted by Crippen LogP contribution is 2.13. The Morgan fingerprint density at radius 2 is 1.89 bits per heavy atom. The Labute approximate surface area is 108 Å². The highest BCUT2D eigenvalue weighted by Gasteiger charge is 2.10. The lowest BCUT2D eigenvalue weighted by atomic mass is 10.2. The third-order valence-corrected chi connectivity index (χ3v) is 2.43. The van der Waals surface area contributed by atoms with Gasteiger partial charge in [0.2, 0.25) is 0 Å². The maximum Gasteiger partial charge on any atom is 0.255 e. The molecule has 0 radical (unpaired) electrons. The molecule has 0 saturated heterocycles. The van der Waals surface area contributed by atoms with Crippen LogP contribution in [0.15, 0.2) is 42.5 Å². The predicted octanol–water partition coefficient (Wildman–Crippen LogP) is 3.09. The molecular weight excluding hydrogens is 250 g/mol. The Bertz CT molecular complexity index is 677. The molecule has 0 bridgehead atoms. The number of hydrogen-bond acceptors (Lipinski definition) is 2. The van der Waals surface area contributed by atoms with E-state index in [-0.39, 0.29) is 5.56 Å². The summed E-state index contributed by atoms with van der Waals surface area (Å²) in [6.07, 6.45) is 0. The first-order valence-electron chi connectivity index (χ1n) is 5.37. The van der Waals surface area contributed by atoms with E-state index in [1.807, 2.05) is 6.07 Å². The molecule has 0 aliphatic carbocycles. The van der Waals surface area contributed by atoms with E-state index < -0.39 is 17.5 Å². The van der Waals surface area contributed by atoms with E-state index in [1.165, 1.54) is 12.1 Å². The van der Waals surface area contributed by atoms with E-state index in [2.05, 4.69) is 5.32 Å². The molecule has 0 fully saturated rings. The Morgan fingerprint density at radius 1 is 1.11 bits per heavy atom. The van der Waals surface area contributed by atoms with Crippen molar-refractivity contribution in [2.45, 2.75) is 0 Å². The van der Waals surface area contributed by atoms with Crippen LogP contribution in [0.3, 0.4) is 0 Å². The minimum Gasteiger partial charge on any atom is -0.322 e. The zero-order chi connectivity index (χ0) is 13.8. The van der Waals surface area contributed by atoms with Crippen molar-refractivity contribution in [2.24, 2.45) is 0 Å². The number of anilines is 1. The SMILES string of the molecule is N#Cc1cccc(NC(=O)c2ccc(F)c(F)c2)c1. The van der Waals surface area contributed by atoms with Crippen molar-refractivity contribution < 1.29 is 13.6 Å². The molecular formula is C14H8F2N2O. The largest absolute Gasteiger partial charge is 0.322 e. The standard InChI is InChI=1S/C14H8F2N2O/c15-12-5-4-10(7-13(12)16)14(19)18-11-3-1-2-9(6-11)8-17/h1-7H,(H,18,19). The Morgan fingerprint density at radius 3 is 2.58 bits per heavy atom. The van der Waals surface area contributed by atoms with Gasteiger partial charge in [-0.05, 0) is 36.4 Å². The second-order valence-corrected chi connectivity index (χ2v) is 3.78. The van der Waals surface area contributed by atoms with Crippen molar-refractivity contribution in [3.05, 3.63) is 65.2 Å². The number of rotatable bonds is 2. The van der Waals surface area contributed by atoms with Crippen LogP contribution in [-0.2, 0) is 0 Å². The zero-order valence-electron chi connectivity index (χ0n) is 9.65. The van der Waals surface area contributed by atoms with Gasteiger partial charge >= 0.3 is 0 Å². The smallest absolute Gasteiger partial charge is 0.255 e. The molecule has 2 rings (SSSR count). The molecule has 5 heteroatoms. The molecule has 0 saturated carbocycles. The van der Waals surface area contributed by atoms with E-state index in [4.69, 9.17) is 5.26 Å². The van der Waals surface area contributed by atoms with Gasteiger partial charge in [0.05, 0.1) is 11.6 Å². The number of nitriles is 1. The second-order valence-electron chi connectivity index (χ2n) is 3.78. The van der Waals surface area contributed by atoms with Gasteiger partial charge in [-0.1, -0.05) is 6.07 Å². The molecule has 0 heterocycles. The molecule has 0 spiro atoms. The summed E-state index contributed by atoms with van der Waals surface area (Å²) in [6, 6.07) is 11.1. The predicted molar refractivity (Wildman–Crippen MR) is 65.5 cm³/mol. The summed E-state index contributed by atoms with van der Waals surface area (Å²) in [4.78, 5) is 11.8. The minimum atomic E-state index is -1.08. The maximum atomic E-state index is 13.0. The summed E-state index contributed by atoms with van der Waals surface area (Å²) >= 11 is 0. The fraction of sp³-hybridized carbons (Fsp3) is 0. The van der Waals surface area contributed by atoms with Crippen LogP contribution >= 0.6 is 0 Å². The van der Waals surface area contributed by atoms with Gasteiger partial charge in [0.15, 0.2) is 11.6 Å². The number of carbonyl (C=O) groups excluding carboxylic acids is 1. The lowest BCUT2D eigenvalue weighted by Crippen LogP contribution is -2.12. The summed E-state index contributed by atoms with van der Waals surface area (Å²) in [5, 5.41) is 11.2. The summed E-state index contributed by atoms with van der Waals surface area (Å²) in [7, 11) is 0. The van der Waals surface area contributed by atoms with E-state index in [1.54, 1.807) is 18.2 Å². The van der Waals surface area contributed by atoms with E-state index >= 15 is 0 Å². The average molecular weight is 258 g/mol. The third-order valence-electron chi connectivity index (χ3n) is 2.43. The van der Waals surface area contributed by atoms with Crippen molar-refractivity contribution in [3.63, 3.8) is 0 Å². The molecule has 1 amide bonds. The summed E-state index contributed by atoms with van der Waals surface area (Å²) < 4.78 is 25.7. The van der Waals surface area contributed by atoms with Crippen LogP contribution in [0.25, 0.3) is 0 Å². The van der Waals surface area contributed by atoms with Gasteiger partial charge in [0, 0.05) is 11.3 Å². The van der Waals surface area contributed by atoms with Crippen LogP contribution in [0.5, 0.6) is 0 Å². The van der Waals surface area contributed by atoms with Gasteiger partial charge in [0.1, 0.15) is 0 Å². The zero-order valence-corrected chi connectivity index (χ0v) is 9.65. The van der Waals surface area contributed by atoms with Gasteiger partial charge in [0.25, 0.3) is 5.91 Å². The van der Waals surface area contributed by atoms with Crippen LogP contribution in [0, 0.1) is 23.0 Å². The number of benzene rings is 2. The number of nitrogens with zero attached hydrogens (tertiary/aromatic N) is 1. The lowest BCUT2D eigenvalue weighted by molar-refractivity contribution is 0.102. The minimum absolute atomic E-state index is 0.00117. The van der Waals surface area contributed by atoms with Crippen molar-refractivity contribution >= 4 is 11.6 Å². The molecule has 1 N–H and O–H groups in total. The van der Waals surface area contributed by atoms with Crippen molar-refractivity contribution in [3.8, 4) is 6.07 Å². The molecule has 0 atom stereocenters. The van der Waals surface area contributed by atoms with Crippen LogP contribution < -0.4 is 5.32 Å². The molecule has 2 aromatic carbocycles. The fourth-order valence-electron chi connectivity index (χ4n) is 1.51. The lowest BCUT2D eigenvalue weighted by Gasteiger charge is -2.05. The summed E-state index contributed by atoms with van der Waals surface area (Å²) in [5.74, 6) is -2.67. The second kappa shape index (κ2) is 5.27. The normalized spacial score (nSPS) is 9.74. The highest BCUT2D eigenvalue weighted by molar-refractivity contribution is 6.04. The number of nitrogens with one attached hydrogen (secondary N) is 1. The van der Waals surface area contributed by atoms with E-state index in [0.717, 1.165) is 12.1 Å². The number of carbonyl (C=O) groups is 1. The van der Waals surface area contributed by atoms with Crippen molar-refractivity contribution in [1.29, 1.82) is 5.26 Å². The van der Waals surface area contributed by atoms with Crippen molar-refractivity contribution in [2.75, 3.05) is 5.32 Å². The first kappa shape index (κ1) is 12.7. The quantitative estimate of drug-likeness (QED) is 0.899. The summed E-state index contributed by atoms with van der Waals surface area (Å²) in [5.41, 5.74) is 0.804. The number of halogens is 2. The monoisotopic (exact) mass is 258 g/mol. The van der Waals surface area contributed by atoms with Crippen LogP contribution in [0.4, 0.5) is 14.5 Å².